The number of hydrogen-bond donors (Lipinski definition) is 3. The van der Waals surface area contributed by atoms with Crippen molar-refractivity contribution in [2.24, 2.45) is 5.10 Å². The van der Waals surface area contributed by atoms with Crippen molar-refractivity contribution in [3.8, 4) is 0 Å². The van der Waals surface area contributed by atoms with Crippen molar-refractivity contribution in [2.75, 3.05) is 41.9 Å². The number of H-pyrrole nitrogens is 1. The van der Waals surface area contributed by atoms with Gasteiger partial charge in [0.2, 0.25) is 5.95 Å². The molecular formula is C24H25N7O. The van der Waals surface area contributed by atoms with Gasteiger partial charge in [-0.3, -0.25) is 5.43 Å². The number of ether oxygens (including phenoxy) is 1. The number of aryl methyl sites for hydroxylation is 1. The third-order valence-corrected chi connectivity index (χ3v) is 5.36. The molecule has 1 aliphatic heterocycles. The van der Waals surface area contributed by atoms with Crippen molar-refractivity contribution in [1.82, 2.24) is 15.0 Å². The molecule has 2 aromatic carbocycles. The second kappa shape index (κ2) is 9.07. The first-order valence-corrected chi connectivity index (χ1v) is 10.7. The summed E-state index contributed by atoms with van der Waals surface area (Å²) in [5.74, 6) is 1.97. The van der Waals surface area contributed by atoms with E-state index in [9.17, 15) is 0 Å². The molecule has 0 saturated carbocycles. The van der Waals surface area contributed by atoms with E-state index in [2.05, 4.69) is 55.8 Å². The maximum Gasteiger partial charge on any atom is 0.231 e. The van der Waals surface area contributed by atoms with E-state index in [1.165, 1.54) is 5.56 Å². The minimum absolute atomic E-state index is 0.516. The maximum absolute atomic E-state index is 5.49. The van der Waals surface area contributed by atoms with Gasteiger partial charge in [-0.05, 0) is 25.1 Å². The predicted molar refractivity (Wildman–Crippen MR) is 129 cm³/mol. The van der Waals surface area contributed by atoms with Crippen LogP contribution in [-0.4, -0.2) is 47.5 Å². The molecule has 3 heterocycles. The van der Waals surface area contributed by atoms with E-state index in [0.717, 1.165) is 41.1 Å². The van der Waals surface area contributed by atoms with Crippen LogP contribution < -0.4 is 15.6 Å². The van der Waals surface area contributed by atoms with Crippen LogP contribution in [0, 0.1) is 6.92 Å². The molecule has 0 atom stereocenters. The zero-order valence-corrected chi connectivity index (χ0v) is 17.9. The van der Waals surface area contributed by atoms with Crippen LogP contribution in [0.25, 0.3) is 10.9 Å². The lowest BCUT2D eigenvalue weighted by Crippen LogP contribution is -2.36. The van der Waals surface area contributed by atoms with Crippen LogP contribution in [0.5, 0.6) is 0 Å². The summed E-state index contributed by atoms with van der Waals surface area (Å²) in [6.45, 7) is 5.02. The lowest BCUT2D eigenvalue weighted by atomic mass is 10.2. The summed E-state index contributed by atoms with van der Waals surface area (Å²) in [6.07, 6.45) is 3.74. The summed E-state index contributed by atoms with van der Waals surface area (Å²) in [4.78, 5) is 14.8. The normalized spacial score (nSPS) is 14.2. The van der Waals surface area contributed by atoms with Crippen molar-refractivity contribution in [2.45, 2.75) is 6.92 Å². The number of aromatic amines is 1. The van der Waals surface area contributed by atoms with Crippen molar-refractivity contribution in [3.05, 3.63) is 71.9 Å². The molecule has 32 heavy (non-hydrogen) atoms. The fourth-order valence-electron chi connectivity index (χ4n) is 3.64. The second-order valence-corrected chi connectivity index (χ2v) is 7.69. The zero-order chi connectivity index (χ0) is 21.8. The van der Waals surface area contributed by atoms with E-state index >= 15 is 0 Å². The second-order valence-electron chi connectivity index (χ2n) is 7.69. The van der Waals surface area contributed by atoms with Gasteiger partial charge in [-0.1, -0.05) is 35.9 Å². The van der Waals surface area contributed by atoms with Gasteiger partial charge in [0.05, 0.1) is 19.4 Å². The Morgan fingerprint density at radius 2 is 1.88 bits per heavy atom. The van der Waals surface area contributed by atoms with Crippen LogP contribution in [0.1, 0.15) is 11.1 Å². The fraction of sp³-hybridized carbons (Fsp3) is 0.208. The van der Waals surface area contributed by atoms with Gasteiger partial charge >= 0.3 is 0 Å². The van der Waals surface area contributed by atoms with Crippen LogP contribution in [0.2, 0.25) is 0 Å². The van der Waals surface area contributed by atoms with Crippen LogP contribution in [0.4, 0.5) is 23.3 Å². The Morgan fingerprint density at radius 1 is 1.06 bits per heavy atom. The van der Waals surface area contributed by atoms with E-state index < -0.39 is 0 Å². The molecule has 1 fully saturated rings. The number of fused-ring (bicyclic) bond motifs is 1. The highest BCUT2D eigenvalue weighted by molar-refractivity contribution is 5.99. The number of nitrogens with one attached hydrogen (secondary N) is 3. The van der Waals surface area contributed by atoms with Crippen LogP contribution in [0.3, 0.4) is 0 Å². The van der Waals surface area contributed by atoms with Gasteiger partial charge in [-0.15, -0.1) is 0 Å². The molecule has 0 unspecified atom stereocenters. The van der Waals surface area contributed by atoms with Gasteiger partial charge in [0.1, 0.15) is 5.82 Å². The van der Waals surface area contributed by atoms with E-state index in [4.69, 9.17) is 9.72 Å². The average molecular weight is 428 g/mol. The van der Waals surface area contributed by atoms with Crippen molar-refractivity contribution >= 4 is 40.4 Å². The molecule has 2 aromatic heterocycles. The minimum atomic E-state index is 0.516. The Labute approximate surface area is 186 Å². The average Bonchev–Trinajstić information content (AvgIpc) is 3.24. The Hall–Kier alpha value is -3.91. The van der Waals surface area contributed by atoms with Crippen LogP contribution in [-0.2, 0) is 4.74 Å². The standard InChI is InChI=1S/C24H25N7O/c1-17-6-8-19(9-7-17)27-24-28-22(14-23(29-24)31-10-12-32-13-11-31)30-26-16-18-15-25-21-5-3-2-4-20(18)21/h2-9,14-16,25H,10-13H2,1H3,(H2,27,28,29,30)/b26-16+. The first-order chi connectivity index (χ1) is 15.7. The molecule has 4 aromatic rings. The Morgan fingerprint density at radius 3 is 2.72 bits per heavy atom. The molecule has 0 bridgehead atoms. The van der Waals surface area contributed by atoms with E-state index in [1.54, 1.807) is 6.21 Å². The number of morpholine rings is 1. The lowest BCUT2D eigenvalue weighted by Gasteiger charge is -2.28. The molecular weight excluding hydrogens is 402 g/mol. The molecule has 0 spiro atoms. The Kier molecular flexibility index (Phi) is 5.67. The highest BCUT2D eigenvalue weighted by atomic mass is 16.5. The van der Waals surface area contributed by atoms with Gasteiger partial charge in [-0.25, -0.2) is 0 Å². The van der Waals surface area contributed by atoms with Gasteiger partial charge < -0.3 is 19.9 Å². The SMILES string of the molecule is Cc1ccc(Nc2nc(N/N=C/c3c[nH]c4ccccc34)cc(N3CCOCC3)n2)cc1. The molecule has 162 valence electrons. The Balaban J connectivity index is 1.40. The molecule has 8 nitrogen and oxygen atoms in total. The summed E-state index contributed by atoms with van der Waals surface area (Å²) in [7, 11) is 0. The first-order valence-electron chi connectivity index (χ1n) is 10.7. The number of hydrazone groups is 1. The number of hydrogen-bond acceptors (Lipinski definition) is 7. The van der Waals surface area contributed by atoms with E-state index in [-0.39, 0.29) is 0 Å². The Bertz CT molecular complexity index is 1230. The van der Waals surface area contributed by atoms with Gasteiger partial charge in [0.25, 0.3) is 0 Å². The van der Waals surface area contributed by atoms with E-state index in [0.29, 0.717) is 25.0 Å². The van der Waals surface area contributed by atoms with Crippen LogP contribution in [0.15, 0.2) is 65.9 Å². The minimum Gasteiger partial charge on any atom is -0.378 e. The van der Waals surface area contributed by atoms with Crippen molar-refractivity contribution in [3.63, 3.8) is 0 Å². The topological polar surface area (TPSA) is 90.5 Å². The zero-order valence-electron chi connectivity index (χ0n) is 17.9. The number of aromatic nitrogens is 3. The highest BCUT2D eigenvalue weighted by Gasteiger charge is 2.15. The summed E-state index contributed by atoms with van der Waals surface area (Å²) in [5, 5.41) is 8.85. The largest absolute Gasteiger partial charge is 0.378 e. The van der Waals surface area contributed by atoms with Gasteiger partial charge in [0, 0.05) is 47.5 Å². The monoisotopic (exact) mass is 427 g/mol. The molecule has 0 radical (unpaired) electrons. The maximum atomic E-state index is 5.49. The van der Waals surface area contributed by atoms with Crippen molar-refractivity contribution < 1.29 is 4.74 Å². The molecule has 3 N–H and O–H groups in total. The number of benzene rings is 2. The van der Waals surface area contributed by atoms with Gasteiger partial charge in [-0.2, -0.15) is 15.1 Å². The molecule has 1 saturated heterocycles. The van der Waals surface area contributed by atoms with Crippen molar-refractivity contribution in [1.29, 1.82) is 0 Å². The number of nitrogens with zero attached hydrogens (tertiary/aromatic N) is 4. The number of anilines is 4. The molecule has 0 amide bonds. The fourth-order valence-corrected chi connectivity index (χ4v) is 3.64. The smallest absolute Gasteiger partial charge is 0.231 e. The lowest BCUT2D eigenvalue weighted by molar-refractivity contribution is 0.122. The molecule has 1 aliphatic rings. The summed E-state index contributed by atoms with van der Waals surface area (Å²) in [6, 6.07) is 18.2. The third kappa shape index (κ3) is 4.55. The van der Waals surface area contributed by atoms with E-state index in [1.807, 2.05) is 42.6 Å². The number of para-hydroxylation sites is 1. The third-order valence-electron chi connectivity index (χ3n) is 5.36. The quantitative estimate of drug-likeness (QED) is 0.314. The predicted octanol–water partition coefficient (Wildman–Crippen LogP) is 4.29. The molecule has 5 rings (SSSR count). The summed E-state index contributed by atoms with van der Waals surface area (Å²) < 4.78 is 5.49. The molecule has 8 heteroatoms. The van der Waals surface area contributed by atoms with Crippen LogP contribution >= 0.6 is 0 Å². The first kappa shape index (κ1) is 20.0. The summed E-state index contributed by atoms with van der Waals surface area (Å²) in [5.41, 5.74) is 7.29. The summed E-state index contributed by atoms with van der Waals surface area (Å²) >= 11 is 0. The molecule has 0 aliphatic carbocycles. The van der Waals surface area contributed by atoms with Gasteiger partial charge in [0.15, 0.2) is 5.82 Å². The number of rotatable bonds is 6. The highest BCUT2D eigenvalue weighted by Crippen LogP contribution is 2.22.